The van der Waals surface area contributed by atoms with Crippen LogP contribution in [0.3, 0.4) is 0 Å². The molecule has 0 saturated heterocycles. The highest BCUT2D eigenvalue weighted by atomic mass is 32.2. The standard InChI is InChI=1S/C12H14N4O4S/c1-2-16-7-9(6-14-16)15-21(19,20)11-5-8(13)3-4-10(11)12(17)18/h3-7,15H,2,13H2,1H3,(H,17,18). The number of nitrogens with two attached hydrogens (primary N) is 1. The molecule has 1 heterocycles. The molecule has 0 aliphatic carbocycles. The van der Waals surface area contributed by atoms with Gasteiger partial charge in [-0.05, 0) is 25.1 Å². The molecule has 0 fully saturated rings. The van der Waals surface area contributed by atoms with E-state index in [0.717, 1.165) is 12.1 Å². The number of aromatic carboxylic acids is 1. The van der Waals surface area contributed by atoms with Crippen LogP contribution < -0.4 is 10.5 Å². The molecule has 0 radical (unpaired) electrons. The molecule has 0 atom stereocenters. The van der Waals surface area contributed by atoms with E-state index < -0.39 is 16.0 Å². The number of carboxylic acids is 1. The summed E-state index contributed by atoms with van der Waals surface area (Å²) in [5.74, 6) is -1.35. The molecule has 112 valence electrons. The summed E-state index contributed by atoms with van der Waals surface area (Å²) in [7, 11) is -4.07. The molecule has 0 bridgehead atoms. The third-order valence-electron chi connectivity index (χ3n) is 2.74. The number of carbonyl (C=O) groups is 1. The average Bonchev–Trinajstić information content (AvgIpc) is 2.85. The Balaban J connectivity index is 2.43. The summed E-state index contributed by atoms with van der Waals surface area (Å²) < 4.78 is 28.4. The molecule has 0 unspecified atom stereocenters. The van der Waals surface area contributed by atoms with Crippen LogP contribution in [0.1, 0.15) is 17.3 Å². The van der Waals surface area contributed by atoms with Crippen molar-refractivity contribution in [2.24, 2.45) is 0 Å². The molecule has 9 heteroatoms. The number of aromatic nitrogens is 2. The van der Waals surface area contributed by atoms with Gasteiger partial charge in [0.05, 0.1) is 17.4 Å². The first-order valence-electron chi connectivity index (χ1n) is 6.01. The van der Waals surface area contributed by atoms with Gasteiger partial charge in [-0.25, -0.2) is 13.2 Å². The molecule has 0 spiro atoms. The number of hydrogen-bond acceptors (Lipinski definition) is 5. The lowest BCUT2D eigenvalue weighted by Gasteiger charge is -2.09. The van der Waals surface area contributed by atoms with E-state index in [-0.39, 0.29) is 21.8 Å². The Kier molecular flexibility index (Phi) is 3.85. The Labute approximate surface area is 121 Å². The normalized spacial score (nSPS) is 11.3. The summed E-state index contributed by atoms with van der Waals surface area (Å²) in [6.07, 6.45) is 2.85. The molecule has 0 aliphatic rings. The number of hydrogen-bond donors (Lipinski definition) is 3. The number of nitrogens with zero attached hydrogens (tertiary/aromatic N) is 2. The lowest BCUT2D eigenvalue weighted by molar-refractivity contribution is 0.0692. The van der Waals surface area contributed by atoms with Crippen LogP contribution in [0.4, 0.5) is 11.4 Å². The van der Waals surface area contributed by atoms with Gasteiger partial charge in [0.1, 0.15) is 4.90 Å². The molecule has 0 aliphatic heterocycles. The molecular weight excluding hydrogens is 296 g/mol. The van der Waals surface area contributed by atoms with Crippen molar-refractivity contribution in [1.29, 1.82) is 0 Å². The fraction of sp³-hybridized carbons (Fsp3) is 0.167. The van der Waals surface area contributed by atoms with Crippen LogP contribution in [-0.4, -0.2) is 29.3 Å². The van der Waals surface area contributed by atoms with E-state index in [4.69, 9.17) is 10.8 Å². The Morgan fingerprint density at radius 2 is 2.19 bits per heavy atom. The van der Waals surface area contributed by atoms with Gasteiger partial charge in [0.2, 0.25) is 0 Å². The number of anilines is 2. The van der Waals surface area contributed by atoms with Crippen LogP contribution in [0.15, 0.2) is 35.5 Å². The zero-order chi connectivity index (χ0) is 15.6. The number of carboxylic acid groups (broad SMARTS) is 1. The highest BCUT2D eigenvalue weighted by Crippen LogP contribution is 2.22. The van der Waals surface area contributed by atoms with Crippen LogP contribution >= 0.6 is 0 Å². The Bertz CT molecular complexity index is 782. The monoisotopic (exact) mass is 310 g/mol. The van der Waals surface area contributed by atoms with E-state index in [0.29, 0.717) is 6.54 Å². The second kappa shape index (κ2) is 5.44. The SMILES string of the molecule is CCn1cc(NS(=O)(=O)c2cc(N)ccc2C(=O)O)cn1. The van der Waals surface area contributed by atoms with Gasteiger partial charge >= 0.3 is 5.97 Å². The van der Waals surface area contributed by atoms with Crippen molar-refractivity contribution in [1.82, 2.24) is 9.78 Å². The summed E-state index contributed by atoms with van der Waals surface area (Å²) in [6.45, 7) is 2.44. The third kappa shape index (κ3) is 3.14. The van der Waals surface area contributed by atoms with E-state index >= 15 is 0 Å². The van der Waals surface area contributed by atoms with Crippen molar-refractivity contribution in [2.45, 2.75) is 18.4 Å². The number of aryl methyl sites for hydroxylation is 1. The van der Waals surface area contributed by atoms with Crippen molar-refractivity contribution >= 4 is 27.4 Å². The molecule has 21 heavy (non-hydrogen) atoms. The van der Waals surface area contributed by atoms with Crippen LogP contribution in [0.25, 0.3) is 0 Å². The van der Waals surface area contributed by atoms with E-state index in [9.17, 15) is 13.2 Å². The van der Waals surface area contributed by atoms with Crippen molar-refractivity contribution < 1.29 is 18.3 Å². The Morgan fingerprint density at radius 3 is 2.76 bits per heavy atom. The van der Waals surface area contributed by atoms with Crippen molar-refractivity contribution in [3.8, 4) is 0 Å². The predicted octanol–water partition coefficient (Wildman–Crippen LogP) is 0.984. The molecule has 0 amide bonds. The molecule has 1 aromatic heterocycles. The summed E-state index contributed by atoms with van der Waals surface area (Å²) in [4.78, 5) is 10.7. The topological polar surface area (TPSA) is 127 Å². The third-order valence-corrected chi connectivity index (χ3v) is 4.16. The largest absolute Gasteiger partial charge is 0.478 e. The highest BCUT2D eigenvalue weighted by Gasteiger charge is 2.23. The molecule has 2 aromatic rings. The first kappa shape index (κ1) is 14.9. The Morgan fingerprint density at radius 1 is 1.48 bits per heavy atom. The van der Waals surface area contributed by atoms with E-state index in [1.807, 2.05) is 6.92 Å². The molecule has 4 N–H and O–H groups in total. The van der Waals surface area contributed by atoms with Gasteiger partial charge in [0.15, 0.2) is 0 Å². The minimum Gasteiger partial charge on any atom is -0.478 e. The van der Waals surface area contributed by atoms with Crippen LogP contribution in [-0.2, 0) is 16.6 Å². The maximum atomic E-state index is 12.3. The fourth-order valence-electron chi connectivity index (χ4n) is 1.74. The maximum absolute atomic E-state index is 12.3. The number of nitrogen functional groups attached to an aromatic ring is 1. The van der Waals surface area contributed by atoms with Gasteiger partial charge in [0, 0.05) is 18.4 Å². The first-order chi connectivity index (χ1) is 9.83. The van der Waals surface area contributed by atoms with Gasteiger partial charge in [-0.15, -0.1) is 0 Å². The lowest BCUT2D eigenvalue weighted by atomic mass is 10.2. The number of sulfonamides is 1. The zero-order valence-electron chi connectivity index (χ0n) is 11.1. The Hall–Kier alpha value is -2.55. The quantitative estimate of drug-likeness (QED) is 0.706. The minimum absolute atomic E-state index is 0.157. The van der Waals surface area contributed by atoms with Crippen molar-refractivity contribution in [3.05, 3.63) is 36.2 Å². The lowest BCUT2D eigenvalue weighted by Crippen LogP contribution is -2.17. The smallest absolute Gasteiger partial charge is 0.337 e. The van der Waals surface area contributed by atoms with Gasteiger partial charge in [-0.3, -0.25) is 9.40 Å². The summed E-state index contributed by atoms with van der Waals surface area (Å²) >= 11 is 0. The average molecular weight is 310 g/mol. The predicted molar refractivity (Wildman–Crippen MR) is 76.5 cm³/mol. The fourth-order valence-corrected chi connectivity index (χ4v) is 3.00. The van der Waals surface area contributed by atoms with Crippen molar-refractivity contribution in [3.63, 3.8) is 0 Å². The van der Waals surface area contributed by atoms with Crippen LogP contribution in [0, 0.1) is 0 Å². The van der Waals surface area contributed by atoms with Gasteiger partial charge in [-0.1, -0.05) is 0 Å². The molecule has 8 nitrogen and oxygen atoms in total. The van der Waals surface area contributed by atoms with Gasteiger partial charge < -0.3 is 10.8 Å². The summed E-state index contributed by atoms with van der Waals surface area (Å²) in [5.41, 5.74) is 5.60. The van der Waals surface area contributed by atoms with Crippen molar-refractivity contribution in [2.75, 3.05) is 10.5 Å². The van der Waals surface area contributed by atoms with E-state index in [2.05, 4.69) is 9.82 Å². The second-order valence-electron chi connectivity index (χ2n) is 4.25. The minimum atomic E-state index is -4.07. The van der Waals surface area contributed by atoms with E-state index in [1.165, 1.54) is 23.1 Å². The van der Waals surface area contributed by atoms with Crippen LogP contribution in [0.2, 0.25) is 0 Å². The molecule has 2 rings (SSSR count). The summed E-state index contributed by atoms with van der Waals surface area (Å²) in [5, 5.41) is 13.0. The van der Waals surface area contributed by atoms with Gasteiger partial charge in [-0.2, -0.15) is 5.10 Å². The van der Waals surface area contributed by atoms with E-state index in [1.54, 1.807) is 0 Å². The maximum Gasteiger partial charge on any atom is 0.337 e. The highest BCUT2D eigenvalue weighted by molar-refractivity contribution is 7.92. The zero-order valence-corrected chi connectivity index (χ0v) is 12.0. The molecule has 1 aromatic carbocycles. The van der Waals surface area contributed by atoms with Crippen LogP contribution in [0.5, 0.6) is 0 Å². The summed E-state index contributed by atoms with van der Waals surface area (Å²) in [6, 6.07) is 3.59. The van der Waals surface area contributed by atoms with Gasteiger partial charge in [0.25, 0.3) is 10.0 Å². The molecular formula is C12H14N4O4S. The number of rotatable bonds is 5. The number of nitrogens with one attached hydrogen (secondary N) is 1. The first-order valence-corrected chi connectivity index (χ1v) is 7.50. The molecule has 0 saturated carbocycles. The second-order valence-corrected chi connectivity index (χ2v) is 5.90. The number of benzene rings is 1.